The second-order valence-electron chi connectivity index (χ2n) is 4.69. The molecule has 1 aliphatic rings. The van der Waals surface area contributed by atoms with Crippen molar-refractivity contribution in [1.82, 2.24) is 14.9 Å². The Bertz CT molecular complexity index is 422. The van der Waals surface area contributed by atoms with Gasteiger partial charge in [0.05, 0.1) is 0 Å². The highest BCUT2D eigenvalue weighted by Crippen LogP contribution is 2.27. The maximum Gasteiger partial charge on any atom is 0.433 e. The second-order valence-corrected chi connectivity index (χ2v) is 4.69. The summed E-state index contributed by atoms with van der Waals surface area (Å²) in [6.07, 6.45) is -2.24. The van der Waals surface area contributed by atoms with Crippen molar-refractivity contribution in [2.75, 3.05) is 31.5 Å². The highest BCUT2D eigenvalue weighted by molar-refractivity contribution is 5.26. The summed E-state index contributed by atoms with van der Waals surface area (Å²) < 4.78 is 37.4. The van der Waals surface area contributed by atoms with E-state index in [1.54, 1.807) is 0 Å². The van der Waals surface area contributed by atoms with Gasteiger partial charge < -0.3 is 10.2 Å². The Balaban J connectivity index is 1.90. The van der Waals surface area contributed by atoms with Crippen molar-refractivity contribution in [3.8, 4) is 0 Å². The van der Waals surface area contributed by atoms with Crippen LogP contribution in [0.3, 0.4) is 0 Å². The van der Waals surface area contributed by atoms with Gasteiger partial charge >= 0.3 is 6.18 Å². The van der Waals surface area contributed by atoms with Crippen molar-refractivity contribution >= 4 is 5.95 Å². The van der Waals surface area contributed by atoms with Crippen LogP contribution in [0.25, 0.3) is 0 Å². The summed E-state index contributed by atoms with van der Waals surface area (Å²) in [5.74, 6) is 0.489. The van der Waals surface area contributed by atoms with Gasteiger partial charge in [0, 0.05) is 19.3 Å². The van der Waals surface area contributed by atoms with Crippen LogP contribution in [-0.2, 0) is 6.18 Å². The van der Waals surface area contributed by atoms with E-state index >= 15 is 0 Å². The summed E-state index contributed by atoms with van der Waals surface area (Å²) in [5.41, 5.74) is -0.911. The van der Waals surface area contributed by atoms with Gasteiger partial charge in [-0.1, -0.05) is 6.92 Å². The summed E-state index contributed by atoms with van der Waals surface area (Å²) in [5, 5.41) is 2.89. The van der Waals surface area contributed by atoms with Gasteiger partial charge in [-0.25, -0.2) is 9.97 Å². The minimum atomic E-state index is -4.42. The van der Waals surface area contributed by atoms with E-state index in [2.05, 4.69) is 27.1 Å². The molecule has 1 aliphatic heterocycles. The van der Waals surface area contributed by atoms with Gasteiger partial charge in [-0.05, 0) is 31.5 Å². The summed E-state index contributed by atoms with van der Waals surface area (Å²) in [6.45, 7) is 5.74. The third kappa shape index (κ3) is 3.79. The lowest BCUT2D eigenvalue weighted by molar-refractivity contribution is -0.141. The van der Waals surface area contributed by atoms with Crippen molar-refractivity contribution in [3.63, 3.8) is 0 Å². The fourth-order valence-electron chi connectivity index (χ4n) is 2.20. The van der Waals surface area contributed by atoms with Crippen LogP contribution in [0.4, 0.5) is 19.1 Å². The van der Waals surface area contributed by atoms with Crippen LogP contribution in [0.5, 0.6) is 0 Å². The molecular weight excluding hydrogens is 257 g/mol. The third-order valence-corrected chi connectivity index (χ3v) is 3.31. The molecule has 0 aromatic carbocycles. The molecule has 1 fully saturated rings. The summed E-state index contributed by atoms with van der Waals surface area (Å²) >= 11 is 0. The molecule has 0 radical (unpaired) electrons. The van der Waals surface area contributed by atoms with Crippen LogP contribution in [0, 0.1) is 5.92 Å². The van der Waals surface area contributed by atoms with E-state index in [-0.39, 0.29) is 5.95 Å². The van der Waals surface area contributed by atoms with Gasteiger partial charge in [-0.15, -0.1) is 0 Å². The molecule has 1 atom stereocenters. The Morgan fingerprint density at radius 1 is 1.47 bits per heavy atom. The van der Waals surface area contributed by atoms with Crippen LogP contribution in [-0.4, -0.2) is 41.0 Å². The lowest BCUT2D eigenvalue weighted by atomic mass is 10.1. The van der Waals surface area contributed by atoms with Crippen LogP contribution in [0.2, 0.25) is 0 Å². The molecule has 1 aromatic heterocycles. The number of likely N-dealkylation sites (tertiary alicyclic amines) is 1. The Morgan fingerprint density at radius 2 is 2.26 bits per heavy atom. The molecule has 0 saturated carbocycles. The van der Waals surface area contributed by atoms with Crippen molar-refractivity contribution in [2.24, 2.45) is 5.92 Å². The number of halogens is 3. The minimum absolute atomic E-state index is 0.0461. The lowest BCUT2D eigenvalue weighted by Gasteiger charge is -2.14. The van der Waals surface area contributed by atoms with Crippen LogP contribution < -0.4 is 5.32 Å². The number of anilines is 1. The van der Waals surface area contributed by atoms with Gasteiger partial charge in [0.1, 0.15) is 5.69 Å². The molecule has 1 aromatic rings. The standard InChI is InChI=1S/C12H17F3N4/c1-2-19-6-4-9(8-19)7-17-11-16-5-3-10(18-11)12(13,14)15/h3,5,9H,2,4,6-8H2,1H3,(H,16,17,18). The lowest BCUT2D eigenvalue weighted by Crippen LogP contribution is -2.23. The van der Waals surface area contributed by atoms with Gasteiger partial charge in [0.2, 0.25) is 5.95 Å². The zero-order valence-corrected chi connectivity index (χ0v) is 10.7. The van der Waals surface area contributed by atoms with Crippen molar-refractivity contribution in [2.45, 2.75) is 19.5 Å². The second kappa shape index (κ2) is 5.73. The molecular formula is C12H17F3N4. The highest BCUT2D eigenvalue weighted by atomic mass is 19.4. The van der Waals surface area contributed by atoms with E-state index in [4.69, 9.17) is 0 Å². The molecule has 1 unspecified atom stereocenters. The van der Waals surface area contributed by atoms with Gasteiger partial charge in [0.25, 0.3) is 0 Å². The smallest absolute Gasteiger partial charge is 0.354 e. The Kier molecular flexibility index (Phi) is 4.24. The van der Waals surface area contributed by atoms with Crippen molar-refractivity contribution in [1.29, 1.82) is 0 Å². The average Bonchev–Trinajstić information content (AvgIpc) is 2.84. The quantitative estimate of drug-likeness (QED) is 0.914. The molecule has 1 N–H and O–H groups in total. The first-order valence-electron chi connectivity index (χ1n) is 6.35. The molecule has 2 rings (SSSR count). The van der Waals surface area contributed by atoms with Gasteiger partial charge in [-0.3, -0.25) is 0 Å². The summed E-state index contributed by atoms with van der Waals surface area (Å²) in [7, 11) is 0. The number of alkyl halides is 3. The molecule has 0 amide bonds. The first-order chi connectivity index (χ1) is 8.99. The van der Waals surface area contributed by atoms with Gasteiger partial charge in [-0.2, -0.15) is 13.2 Å². The Hall–Kier alpha value is -1.37. The number of rotatable bonds is 4. The van der Waals surface area contributed by atoms with Crippen LogP contribution in [0.1, 0.15) is 19.0 Å². The predicted octanol–water partition coefficient (Wildman–Crippen LogP) is 2.25. The average molecular weight is 274 g/mol. The maximum atomic E-state index is 12.5. The minimum Gasteiger partial charge on any atom is -0.354 e. The van der Waals surface area contributed by atoms with Crippen molar-refractivity contribution in [3.05, 3.63) is 18.0 Å². The summed E-state index contributed by atoms with van der Waals surface area (Å²) in [6, 6.07) is 0.875. The number of nitrogens with zero attached hydrogens (tertiary/aromatic N) is 3. The predicted molar refractivity (Wildman–Crippen MR) is 65.7 cm³/mol. The normalized spacial score (nSPS) is 20.7. The fraction of sp³-hybridized carbons (Fsp3) is 0.667. The van der Waals surface area contributed by atoms with E-state index in [9.17, 15) is 13.2 Å². The van der Waals surface area contributed by atoms with Gasteiger partial charge in [0.15, 0.2) is 0 Å². The first-order valence-corrected chi connectivity index (χ1v) is 6.35. The topological polar surface area (TPSA) is 41.0 Å². The van der Waals surface area contributed by atoms with E-state index in [1.165, 1.54) is 0 Å². The van der Waals surface area contributed by atoms with Crippen LogP contribution in [0.15, 0.2) is 12.3 Å². The molecule has 19 heavy (non-hydrogen) atoms. The zero-order chi connectivity index (χ0) is 13.9. The Morgan fingerprint density at radius 3 is 2.89 bits per heavy atom. The fourth-order valence-corrected chi connectivity index (χ4v) is 2.20. The highest BCUT2D eigenvalue weighted by Gasteiger charge is 2.32. The zero-order valence-electron chi connectivity index (χ0n) is 10.7. The molecule has 7 heteroatoms. The molecule has 106 valence electrons. The maximum absolute atomic E-state index is 12.5. The monoisotopic (exact) mass is 274 g/mol. The summed E-state index contributed by atoms with van der Waals surface area (Å²) in [4.78, 5) is 9.62. The molecule has 0 aliphatic carbocycles. The van der Waals surface area contributed by atoms with Crippen molar-refractivity contribution < 1.29 is 13.2 Å². The van der Waals surface area contributed by atoms with E-state index in [0.29, 0.717) is 12.5 Å². The van der Waals surface area contributed by atoms with E-state index in [1.807, 2.05) is 0 Å². The number of aromatic nitrogens is 2. The third-order valence-electron chi connectivity index (χ3n) is 3.31. The molecule has 1 saturated heterocycles. The van der Waals surface area contributed by atoms with Crippen LogP contribution >= 0.6 is 0 Å². The molecule has 0 bridgehead atoms. The molecule has 4 nitrogen and oxygen atoms in total. The molecule has 2 heterocycles. The number of nitrogens with one attached hydrogen (secondary N) is 1. The van der Waals surface area contributed by atoms with E-state index < -0.39 is 11.9 Å². The Labute approximate surface area is 110 Å². The largest absolute Gasteiger partial charge is 0.433 e. The SMILES string of the molecule is CCN1CCC(CNc2nccc(C(F)(F)F)n2)C1. The first kappa shape index (κ1) is 14.0. The number of hydrogen-bond acceptors (Lipinski definition) is 4. The van der Waals surface area contributed by atoms with E-state index in [0.717, 1.165) is 38.3 Å². The number of hydrogen-bond donors (Lipinski definition) is 1. The molecule has 0 spiro atoms.